The Kier molecular flexibility index (Phi) is 6.17. The number of rotatable bonds is 7. The second kappa shape index (κ2) is 7.64. The van der Waals surface area contributed by atoms with Crippen LogP contribution in [-0.4, -0.2) is 37.4 Å². The van der Waals surface area contributed by atoms with Gasteiger partial charge in [0.15, 0.2) is 5.54 Å². The van der Waals surface area contributed by atoms with E-state index >= 15 is 0 Å². The number of methoxy groups -OCH3 is 1. The van der Waals surface area contributed by atoms with Gasteiger partial charge < -0.3 is 20.5 Å². The van der Waals surface area contributed by atoms with E-state index in [0.717, 1.165) is 0 Å². The molecule has 0 spiro atoms. The molecule has 1 rings (SSSR count). The predicted molar refractivity (Wildman–Crippen MR) is 79.0 cm³/mol. The molecule has 0 aliphatic carbocycles. The third-order valence-electron chi connectivity index (χ3n) is 3.20. The molecule has 6 heteroatoms. The van der Waals surface area contributed by atoms with Gasteiger partial charge in [-0.3, -0.25) is 0 Å². The molecule has 0 radical (unpaired) electrons. The highest BCUT2D eigenvalue weighted by Gasteiger charge is 2.36. The summed E-state index contributed by atoms with van der Waals surface area (Å²) in [5.74, 6) is -0.970. The molecule has 116 valence electrons. The Bertz CT molecular complexity index is 478. The van der Waals surface area contributed by atoms with Crippen LogP contribution in [0.2, 0.25) is 0 Å². The molecule has 1 aromatic rings. The Labute approximate surface area is 124 Å². The van der Waals surface area contributed by atoms with E-state index in [4.69, 9.17) is 4.74 Å². The summed E-state index contributed by atoms with van der Waals surface area (Å²) in [4.78, 5) is 23.5. The van der Waals surface area contributed by atoms with E-state index in [9.17, 15) is 14.7 Å². The Morgan fingerprint density at radius 3 is 2.48 bits per heavy atom. The molecule has 1 aromatic carbocycles. The van der Waals surface area contributed by atoms with Crippen molar-refractivity contribution in [2.24, 2.45) is 5.92 Å². The molecule has 0 bridgehead atoms. The van der Waals surface area contributed by atoms with Gasteiger partial charge in [-0.1, -0.05) is 37.3 Å². The molecule has 0 aliphatic heterocycles. The number of carboxylic acids is 1. The second-order valence-corrected chi connectivity index (χ2v) is 5.19. The first-order chi connectivity index (χ1) is 9.90. The molecule has 0 aromatic heterocycles. The number of benzene rings is 1. The molecule has 0 aliphatic rings. The van der Waals surface area contributed by atoms with Crippen LogP contribution in [0.5, 0.6) is 0 Å². The summed E-state index contributed by atoms with van der Waals surface area (Å²) in [7, 11) is 1.59. The van der Waals surface area contributed by atoms with Gasteiger partial charge in [-0.05, 0) is 18.4 Å². The topological polar surface area (TPSA) is 87.7 Å². The minimum atomic E-state index is -1.48. The third kappa shape index (κ3) is 4.75. The summed E-state index contributed by atoms with van der Waals surface area (Å²) in [6.07, 6.45) is 0. The lowest BCUT2D eigenvalue weighted by Crippen LogP contribution is -2.53. The lowest BCUT2D eigenvalue weighted by Gasteiger charge is -2.27. The molecule has 0 saturated heterocycles. The molecule has 0 saturated carbocycles. The molecule has 0 fully saturated rings. The van der Waals surface area contributed by atoms with Gasteiger partial charge in [-0.2, -0.15) is 0 Å². The quantitative estimate of drug-likeness (QED) is 0.712. The van der Waals surface area contributed by atoms with Crippen molar-refractivity contribution >= 4 is 12.0 Å². The molecule has 3 N–H and O–H groups in total. The maximum atomic E-state index is 11.9. The minimum absolute atomic E-state index is 0.147. The second-order valence-electron chi connectivity index (χ2n) is 5.19. The highest BCUT2D eigenvalue weighted by molar-refractivity contribution is 5.87. The number of aliphatic carboxylic acids is 1. The fraction of sp³-hybridized carbons (Fsp3) is 0.467. The van der Waals surface area contributed by atoms with Crippen molar-refractivity contribution in [2.75, 3.05) is 20.3 Å². The average Bonchev–Trinajstić information content (AvgIpc) is 2.46. The van der Waals surface area contributed by atoms with Crippen LogP contribution in [0.25, 0.3) is 0 Å². The third-order valence-corrected chi connectivity index (χ3v) is 3.20. The maximum Gasteiger partial charge on any atom is 0.333 e. The maximum absolute atomic E-state index is 11.9. The predicted octanol–water partition coefficient (Wildman–Crippen LogP) is 1.57. The van der Waals surface area contributed by atoms with Gasteiger partial charge in [0.05, 0.1) is 6.61 Å². The smallest absolute Gasteiger partial charge is 0.333 e. The summed E-state index contributed by atoms with van der Waals surface area (Å²) in [6.45, 7) is 4.32. The molecule has 0 heterocycles. The number of amides is 2. The first-order valence-corrected chi connectivity index (χ1v) is 6.74. The van der Waals surface area contributed by atoms with Gasteiger partial charge >= 0.3 is 12.0 Å². The Morgan fingerprint density at radius 2 is 1.95 bits per heavy atom. The molecular weight excluding hydrogens is 272 g/mol. The van der Waals surface area contributed by atoms with Gasteiger partial charge in [0, 0.05) is 13.7 Å². The van der Waals surface area contributed by atoms with Crippen LogP contribution in [0.15, 0.2) is 30.3 Å². The molecule has 2 atom stereocenters. The zero-order valence-corrected chi connectivity index (χ0v) is 12.6. The number of ether oxygens (including phenoxy) is 1. The van der Waals surface area contributed by atoms with E-state index in [1.165, 1.54) is 6.92 Å². The van der Waals surface area contributed by atoms with Gasteiger partial charge in [0.1, 0.15) is 0 Å². The van der Waals surface area contributed by atoms with E-state index in [1.807, 2.05) is 6.92 Å². The number of carbonyl (C=O) groups is 2. The standard InChI is InChI=1S/C15H22N2O4/c1-11(10-21-3)9-16-14(20)17-15(2,13(18)19)12-7-5-4-6-8-12/h4-8,11H,9-10H2,1-3H3,(H,18,19)(H2,16,17,20). The molecular formula is C15H22N2O4. The summed E-state index contributed by atoms with van der Waals surface area (Å²) < 4.78 is 4.98. The molecule has 21 heavy (non-hydrogen) atoms. The van der Waals surface area contributed by atoms with Crippen LogP contribution in [0, 0.1) is 5.92 Å². The van der Waals surface area contributed by atoms with E-state index in [1.54, 1.807) is 37.4 Å². The van der Waals surface area contributed by atoms with Crippen LogP contribution >= 0.6 is 0 Å². The number of carboxylic acid groups (broad SMARTS) is 1. The molecule has 2 unspecified atom stereocenters. The number of hydrogen-bond donors (Lipinski definition) is 3. The summed E-state index contributed by atoms with van der Waals surface area (Å²) in [6, 6.07) is 8.07. The number of urea groups is 1. The fourth-order valence-electron chi connectivity index (χ4n) is 1.90. The first-order valence-electron chi connectivity index (χ1n) is 6.74. The van der Waals surface area contributed by atoms with Crippen molar-refractivity contribution in [3.05, 3.63) is 35.9 Å². The molecule has 6 nitrogen and oxygen atoms in total. The average molecular weight is 294 g/mol. The van der Waals surface area contributed by atoms with Gasteiger partial charge in [0.2, 0.25) is 0 Å². The van der Waals surface area contributed by atoms with E-state index in [0.29, 0.717) is 18.7 Å². The van der Waals surface area contributed by atoms with E-state index < -0.39 is 17.5 Å². The Balaban J connectivity index is 2.71. The normalized spacial score (nSPS) is 14.8. The van der Waals surface area contributed by atoms with E-state index in [2.05, 4.69) is 10.6 Å². The van der Waals surface area contributed by atoms with Crippen molar-refractivity contribution < 1.29 is 19.4 Å². The number of nitrogens with one attached hydrogen (secondary N) is 2. The van der Waals surface area contributed by atoms with Crippen LogP contribution in [0.1, 0.15) is 19.4 Å². The van der Waals surface area contributed by atoms with Crippen molar-refractivity contribution in [2.45, 2.75) is 19.4 Å². The van der Waals surface area contributed by atoms with Crippen LogP contribution < -0.4 is 10.6 Å². The zero-order valence-electron chi connectivity index (χ0n) is 12.6. The van der Waals surface area contributed by atoms with Gasteiger partial charge in [-0.15, -0.1) is 0 Å². The van der Waals surface area contributed by atoms with Crippen LogP contribution in [-0.2, 0) is 15.1 Å². The summed E-state index contributed by atoms with van der Waals surface area (Å²) in [5.41, 5.74) is -0.965. The SMILES string of the molecule is COCC(C)CNC(=O)NC(C)(C(=O)O)c1ccccc1. The van der Waals surface area contributed by atoms with Gasteiger partial charge in [-0.25, -0.2) is 9.59 Å². The van der Waals surface area contributed by atoms with Crippen molar-refractivity contribution in [1.29, 1.82) is 0 Å². The number of carbonyl (C=O) groups excluding carboxylic acids is 1. The Hall–Kier alpha value is -2.08. The summed E-state index contributed by atoms with van der Waals surface area (Å²) in [5, 5.41) is 14.6. The highest BCUT2D eigenvalue weighted by Crippen LogP contribution is 2.20. The lowest BCUT2D eigenvalue weighted by molar-refractivity contribution is -0.144. The van der Waals surface area contributed by atoms with Crippen molar-refractivity contribution in [3.8, 4) is 0 Å². The first kappa shape index (κ1) is 17.0. The monoisotopic (exact) mass is 294 g/mol. The van der Waals surface area contributed by atoms with Crippen molar-refractivity contribution in [3.63, 3.8) is 0 Å². The van der Waals surface area contributed by atoms with Crippen molar-refractivity contribution in [1.82, 2.24) is 10.6 Å². The zero-order chi connectivity index (χ0) is 15.9. The van der Waals surface area contributed by atoms with Gasteiger partial charge in [0.25, 0.3) is 0 Å². The largest absolute Gasteiger partial charge is 0.479 e. The summed E-state index contributed by atoms with van der Waals surface area (Å²) >= 11 is 0. The van der Waals surface area contributed by atoms with E-state index in [-0.39, 0.29) is 5.92 Å². The molecule has 2 amide bonds. The van der Waals surface area contributed by atoms with Crippen LogP contribution in [0.4, 0.5) is 4.79 Å². The lowest BCUT2D eigenvalue weighted by atomic mass is 9.92. The van der Waals surface area contributed by atoms with Crippen LogP contribution in [0.3, 0.4) is 0 Å². The fourth-order valence-corrected chi connectivity index (χ4v) is 1.90. The Morgan fingerprint density at radius 1 is 1.33 bits per heavy atom. The highest BCUT2D eigenvalue weighted by atomic mass is 16.5. The number of hydrogen-bond acceptors (Lipinski definition) is 3. The minimum Gasteiger partial charge on any atom is -0.479 e.